The van der Waals surface area contributed by atoms with Crippen molar-refractivity contribution < 1.29 is 13.6 Å². The molecular weight excluding hydrogens is 352 g/mol. The molecule has 27 heavy (non-hydrogen) atoms. The van der Waals surface area contributed by atoms with Crippen LogP contribution in [0.5, 0.6) is 0 Å². The van der Waals surface area contributed by atoms with Crippen LogP contribution in [0, 0.1) is 22.5 Å². The number of benzene rings is 2. The molecule has 2 aromatic carbocycles. The maximum atomic E-state index is 14.6. The van der Waals surface area contributed by atoms with Gasteiger partial charge in [0.15, 0.2) is 0 Å². The molecule has 0 saturated heterocycles. The van der Waals surface area contributed by atoms with Crippen LogP contribution < -0.4 is 16.4 Å². The van der Waals surface area contributed by atoms with Crippen LogP contribution in [0.1, 0.15) is 41.3 Å². The first-order chi connectivity index (χ1) is 12.8. The smallest absolute Gasteiger partial charge is 0.261 e. The zero-order valence-electron chi connectivity index (χ0n) is 15.0. The molecule has 0 saturated carbocycles. The molecule has 6 nitrogen and oxygen atoms in total. The topological polar surface area (TPSA) is 115 Å². The van der Waals surface area contributed by atoms with E-state index in [1.807, 2.05) is 6.92 Å². The van der Waals surface area contributed by atoms with Crippen molar-refractivity contribution in [1.82, 2.24) is 0 Å². The molecule has 0 radical (unpaired) electrons. The lowest BCUT2D eigenvalue weighted by molar-refractivity contribution is 0.101. The van der Waals surface area contributed by atoms with Crippen LogP contribution in [0.4, 0.5) is 25.8 Å². The molecule has 0 heterocycles. The highest BCUT2D eigenvalue weighted by molar-refractivity contribution is 6.08. The molecule has 0 aliphatic rings. The fourth-order valence-corrected chi connectivity index (χ4v) is 2.66. The van der Waals surface area contributed by atoms with Crippen molar-refractivity contribution in [3.05, 3.63) is 52.6 Å². The number of hydrogen-bond donors (Lipinski definition) is 5. The number of amides is 1. The molecule has 0 bridgehead atoms. The molecule has 2 rings (SSSR count). The lowest BCUT2D eigenvalue weighted by Gasteiger charge is -2.13. The number of nitrogens with two attached hydrogens (primary N) is 1. The third kappa shape index (κ3) is 4.11. The summed E-state index contributed by atoms with van der Waals surface area (Å²) in [5.74, 6) is -3.16. The minimum absolute atomic E-state index is 0.0688. The first kappa shape index (κ1) is 20.0. The van der Waals surface area contributed by atoms with E-state index in [0.717, 1.165) is 12.5 Å². The van der Waals surface area contributed by atoms with Gasteiger partial charge in [-0.05, 0) is 30.7 Å². The highest BCUT2D eigenvalue weighted by Gasteiger charge is 2.23. The van der Waals surface area contributed by atoms with Gasteiger partial charge in [-0.15, -0.1) is 0 Å². The second-order valence-electron chi connectivity index (χ2n) is 5.89. The summed E-state index contributed by atoms with van der Waals surface area (Å²) >= 11 is 0. The van der Waals surface area contributed by atoms with Gasteiger partial charge in [0.2, 0.25) is 0 Å². The Hall–Kier alpha value is -3.29. The Morgan fingerprint density at radius 2 is 2.00 bits per heavy atom. The highest BCUT2D eigenvalue weighted by atomic mass is 19.1. The summed E-state index contributed by atoms with van der Waals surface area (Å²) in [5.41, 5.74) is 6.36. The van der Waals surface area contributed by atoms with E-state index in [0.29, 0.717) is 29.6 Å². The zero-order valence-corrected chi connectivity index (χ0v) is 15.0. The molecule has 0 spiro atoms. The van der Waals surface area contributed by atoms with E-state index in [1.165, 1.54) is 25.2 Å². The Balaban J connectivity index is 2.40. The van der Waals surface area contributed by atoms with Gasteiger partial charge in [-0.25, -0.2) is 8.78 Å². The maximum Gasteiger partial charge on any atom is 0.261 e. The maximum absolute atomic E-state index is 14.6. The molecule has 0 atom stereocenters. The number of nitrogen functional groups attached to an aromatic ring is 1. The van der Waals surface area contributed by atoms with Crippen molar-refractivity contribution in [3.63, 3.8) is 0 Å². The molecule has 2 aromatic rings. The van der Waals surface area contributed by atoms with Gasteiger partial charge < -0.3 is 27.2 Å². The van der Waals surface area contributed by atoms with Crippen LogP contribution >= 0.6 is 0 Å². The molecule has 142 valence electrons. The summed E-state index contributed by atoms with van der Waals surface area (Å²) in [6, 6.07) is 5.48. The molecule has 0 fully saturated rings. The second kappa shape index (κ2) is 8.39. The lowest BCUT2D eigenvalue weighted by atomic mass is 10.0. The normalized spacial score (nSPS) is 10.4. The fraction of sp³-hybridized carbons (Fsp3) is 0.211. The van der Waals surface area contributed by atoms with Crippen LogP contribution in [-0.4, -0.2) is 24.9 Å². The van der Waals surface area contributed by atoms with Crippen molar-refractivity contribution in [2.75, 3.05) is 23.4 Å². The van der Waals surface area contributed by atoms with Crippen LogP contribution in [0.3, 0.4) is 0 Å². The first-order valence-corrected chi connectivity index (χ1v) is 8.32. The summed E-state index contributed by atoms with van der Waals surface area (Å²) in [5, 5.41) is 20.3. The number of anilines is 3. The van der Waals surface area contributed by atoms with E-state index in [4.69, 9.17) is 16.6 Å². The van der Waals surface area contributed by atoms with Crippen LogP contribution in [0.25, 0.3) is 0 Å². The Labute approximate surface area is 155 Å². The first-order valence-electron chi connectivity index (χ1n) is 8.32. The minimum atomic E-state index is -1.12. The third-order valence-corrected chi connectivity index (χ3v) is 4.03. The van der Waals surface area contributed by atoms with Crippen molar-refractivity contribution in [3.8, 4) is 0 Å². The highest BCUT2D eigenvalue weighted by Crippen LogP contribution is 2.26. The molecule has 6 N–H and O–H groups in total. The molecule has 0 unspecified atom stereocenters. The third-order valence-electron chi connectivity index (χ3n) is 4.03. The van der Waals surface area contributed by atoms with Crippen molar-refractivity contribution in [2.24, 2.45) is 0 Å². The molecule has 0 aliphatic carbocycles. The number of hydrogen-bond acceptors (Lipinski definition) is 5. The van der Waals surface area contributed by atoms with Crippen molar-refractivity contribution >= 4 is 34.9 Å². The molecular formula is C19H21F2N5O. The van der Waals surface area contributed by atoms with Gasteiger partial charge in [-0.3, -0.25) is 4.79 Å². The van der Waals surface area contributed by atoms with Gasteiger partial charge >= 0.3 is 0 Å². The van der Waals surface area contributed by atoms with Gasteiger partial charge in [0.25, 0.3) is 5.91 Å². The second-order valence-corrected chi connectivity index (χ2v) is 5.89. The number of rotatable bonds is 7. The predicted molar refractivity (Wildman–Crippen MR) is 104 cm³/mol. The summed E-state index contributed by atoms with van der Waals surface area (Å²) in [4.78, 5) is 12.4. The average molecular weight is 373 g/mol. The number of carbonyl (C=O) groups is 1. The van der Waals surface area contributed by atoms with Gasteiger partial charge in [-0.2, -0.15) is 0 Å². The summed E-state index contributed by atoms with van der Waals surface area (Å²) in [7, 11) is 1.46. The van der Waals surface area contributed by atoms with Gasteiger partial charge in [0.05, 0.1) is 5.56 Å². The van der Waals surface area contributed by atoms with Gasteiger partial charge in [0, 0.05) is 41.6 Å². The Bertz CT molecular complexity index is 911. The molecule has 0 aliphatic heterocycles. The summed E-state index contributed by atoms with van der Waals surface area (Å²) < 4.78 is 28.8. The monoisotopic (exact) mass is 373 g/mol. The molecule has 0 aromatic heterocycles. The van der Waals surface area contributed by atoms with Gasteiger partial charge in [0.1, 0.15) is 17.2 Å². The van der Waals surface area contributed by atoms with E-state index in [-0.39, 0.29) is 16.9 Å². The predicted octanol–water partition coefficient (Wildman–Crippen LogP) is 4.01. The number of carbonyl (C=O) groups excluding carboxylic acids is 1. The van der Waals surface area contributed by atoms with Crippen LogP contribution in [-0.2, 0) is 0 Å². The SMILES string of the molecule is CCCC(=N)c1cc(NC(=O)c2c(F)cc(NC)c(C=N)c2F)ccc1N. The van der Waals surface area contributed by atoms with Crippen molar-refractivity contribution in [2.45, 2.75) is 19.8 Å². The van der Waals surface area contributed by atoms with E-state index >= 15 is 0 Å². The standard InChI is InChI=1S/C19H21F2N5O/c1-3-4-14(23)11-7-10(5-6-15(11)24)26-19(27)17-13(20)8-16(25-2)12(9-22)18(17)21/h5-9,22-23,25H,3-4,24H2,1-2H3,(H,26,27). The van der Waals surface area contributed by atoms with E-state index in [1.54, 1.807) is 0 Å². The Morgan fingerprint density at radius 1 is 1.30 bits per heavy atom. The quantitative estimate of drug-likeness (QED) is 0.373. The van der Waals surface area contributed by atoms with Crippen molar-refractivity contribution in [1.29, 1.82) is 10.8 Å². The zero-order chi connectivity index (χ0) is 20.1. The summed E-state index contributed by atoms with van der Waals surface area (Å²) in [6.45, 7) is 1.93. The van der Waals surface area contributed by atoms with Crippen LogP contribution in [0.2, 0.25) is 0 Å². The molecule has 8 heteroatoms. The largest absolute Gasteiger partial charge is 0.398 e. The summed E-state index contributed by atoms with van der Waals surface area (Å²) in [6.07, 6.45) is 1.99. The minimum Gasteiger partial charge on any atom is -0.398 e. The molecule has 1 amide bonds. The number of halogens is 2. The Morgan fingerprint density at radius 3 is 2.59 bits per heavy atom. The Kier molecular flexibility index (Phi) is 6.23. The lowest BCUT2D eigenvalue weighted by Crippen LogP contribution is -2.18. The van der Waals surface area contributed by atoms with Crippen LogP contribution in [0.15, 0.2) is 24.3 Å². The van der Waals surface area contributed by atoms with E-state index in [2.05, 4.69) is 10.6 Å². The van der Waals surface area contributed by atoms with E-state index < -0.39 is 23.1 Å². The van der Waals surface area contributed by atoms with E-state index in [9.17, 15) is 13.6 Å². The average Bonchev–Trinajstić information content (AvgIpc) is 2.62. The fourth-order valence-electron chi connectivity index (χ4n) is 2.66. The van der Waals surface area contributed by atoms with Gasteiger partial charge in [-0.1, -0.05) is 13.3 Å². The number of nitrogens with one attached hydrogen (secondary N) is 4.